The summed E-state index contributed by atoms with van der Waals surface area (Å²) in [6.07, 6.45) is 0.647. The van der Waals surface area contributed by atoms with Crippen LogP contribution in [0.2, 0.25) is 0 Å². The largest absolute Gasteiger partial charge is 0.481 e. The van der Waals surface area contributed by atoms with Gasteiger partial charge in [0.05, 0.1) is 19.1 Å². The SMILES string of the molecule is CC(C)CC1NC(=O)CNCCCCN[C@@H](CCC(=O)O)C(=O)C(=O)CNC(=O)[C@H](CCC(N)=O)NC1=O. The third kappa shape index (κ3) is 13.2. The van der Waals surface area contributed by atoms with Gasteiger partial charge in [0.15, 0.2) is 0 Å². The first-order valence-corrected chi connectivity index (χ1v) is 12.8. The second-order valence-electron chi connectivity index (χ2n) is 9.64. The molecule has 1 saturated heterocycles. The summed E-state index contributed by atoms with van der Waals surface area (Å²) in [6.45, 7) is 3.80. The molecule has 38 heavy (non-hydrogen) atoms. The van der Waals surface area contributed by atoms with Crippen molar-refractivity contribution in [1.82, 2.24) is 26.6 Å². The molecular weight excluding hydrogens is 500 g/mol. The number of nitrogens with two attached hydrogens (primary N) is 1. The number of hydrogen-bond acceptors (Lipinski definition) is 9. The number of aliphatic carboxylic acids is 1. The highest BCUT2D eigenvalue weighted by molar-refractivity contribution is 6.40. The van der Waals surface area contributed by atoms with Crippen molar-refractivity contribution in [3.05, 3.63) is 0 Å². The van der Waals surface area contributed by atoms with E-state index in [2.05, 4.69) is 26.6 Å². The van der Waals surface area contributed by atoms with E-state index in [1.54, 1.807) is 0 Å². The molecule has 0 aromatic carbocycles. The van der Waals surface area contributed by atoms with Crippen LogP contribution in [0.3, 0.4) is 0 Å². The maximum absolute atomic E-state index is 13.0. The number of nitrogens with one attached hydrogen (secondary N) is 5. The molecule has 0 saturated carbocycles. The number of amides is 4. The van der Waals surface area contributed by atoms with E-state index in [1.807, 2.05) is 13.8 Å². The van der Waals surface area contributed by atoms with Gasteiger partial charge in [-0.15, -0.1) is 0 Å². The van der Waals surface area contributed by atoms with Crippen LogP contribution in [-0.4, -0.2) is 90.6 Å². The summed E-state index contributed by atoms with van der Waals surface area (Å²) >= 11 is 0. The summed E-state index contributed by atoms with van der Waals surface area (Å²) in [7, 11) is 0. The fourth-order valence-corrected chi connectivity index (χ4v) is 3.79. The molecular formula is C24H40N6O8. The third-order valence-electron chi connectivity index (χ3n) is 5.79. The molecule has 1 aliphatic rings. The highest BCUT2D eigenvalue weighted by Gasteiger charge is 2.30. The van der Waals surface area contributed by atoms with Gasteiger partial charge >= 0.3 is 5.97 Å². The van der Waals surface area contributed by atoms with Gasteiger partial charge < -0.3 is 37.4 Å². The number of carboxylic acids is 1. The van der Waals surface area contributed by atoms with Crippen LogP contribution in [0.4, 0.5) is 0 Å². The van der Waals surface area contributed by atoms with Crippen molar-refractivity contribution in [2.24, 2.45) is 11.7 Å². The molecule has 0 aliphatic carbocycles. The number of carboxylic acid groups (broad SMARTS) is 1. The number of primary amides is 1. The summed E-state index contributed by atoms with van der Waals surface area (Å²) in [5.74, 6) is -5.48. The Kier molecular flexibility index (Phi) is 14.8. The van der Waals surface area contributed by atoms with Gasteiger partial charge in [0, 0.05) is 12.8 Å². The topological polar surface area (TPSA) is 226 Å². The van der Waals surface area contributed by atoms with Crippen LogP contribution in [0.25, 0.3) is 0 Å². The second-order valence-corrected chi connectivity index (χ2v) is 9.64. The fourth-order valence-electron chi connectivity index (χ4n) is 3.79. The minimum atomic E-state index is -1.26. The average Bonchev–Trinajstić information content (AvgIpc) is 2.83. The van der Waals surface area contributed by atoms with Gasteiger partial charge in [-0.1, -0.05) is 13.8 Å². The zero-order valence-electron chi connectivity index (χ0n) is 22.0. The third-order valence-corrected chi connectivity index (χ3v) is 5.79. The van der Waals surface area contributed by atoms with E-state index >= 15 is 0 Å². The molecule has 0 aromatic heterocycles. The quantitative estimate of drug-likeness (QED) is 0.163. The Bertz CT molecular complexity index is 878. The molecule has 0 radical (unpaired) electrons. The zero-order chi connectivity index (χ0) is 28.7. The van der Waals surface area contributed by atoms with Crippen LogP contribution in [0, 0.1) is 5.92 Å². The van der Waals surface area contributed by atoms with Crippen LogP contribution in [0.1, 0.15) is 58.8 Å². The van der Waals surface area contributed by atoms with E-state index in [-0.39, 0.29) is 44.6 Å². The molecule has 1 aliphatic heterocycles. The lowest BCUT2D eigenvalue weighted by Gasteiger charge is -2.24. The van der Waals surface area contributed by atoms with Gasteiger partial charge in [-0.2, -0.15) is 0 Å². The van der Waals surface area contributed by atoms with Gasteiger partial charge in [0.1, 0.15) is 12.1 Å². The van der Waals surface area contributed by atoms with Crippen molar-refractivity contribution in [2.45, 2.75) is 76.9 Å². The lowest BCUT2D eigenvalue weighted by atomic mass is 10.0. The monoisotopic (exact) mass is 540 g/mol. The molecule has 14 heteroatoms. The van der Waals surface area contributed by atoms with E-state index in [9.17, 15) is 33.6 Å². The van der Waals surface area contributed by atoms with Gasteiger partial charge in [0.25, 0.3) is 0 Å². The van der Waals surface area contributed by atoms with Gasteiger partial charge in [0.2, 0.25) is 35.2 Å². The summed E-state index contributed by atoms with van der Waals surface area (Å²) in [5.41, 5.74) is 5.19. The molecule has 214 valence electrons. The minimum absolute atomic E-state index is 0.0312. The zero-order valence-corrected chi connectivity index (χ0v) is 22.0. The summed E-state index contributed by atoms with van der Waals surface area (Å²) in [6, 6.07) is -3.25. The fraction of sp³-hybridized carbons (Fsp3) is 0.708. The maximum Gasteiger partial charge on any atom is 0.303 e. The van der Waals surface area contributed by atoms with Crippen molar-refractivity contribution < 1.29 is 38.7 Å². The predicted octanol–water partition coefficient (Wildman–Crippen LogP) is -2.27. The predicted molar refractivity (Wildman–Crippen MR) is 136 cm³/mol. The summed E-state index contributed by atoms with van der Waals surface area (Å²) in [4.78, 5) is 85.8. The summed E-state index contributed by atoms with van der Waals surface area (Å²) < 4.78 is 0. The average molecular weight is 541 g/mol. The lowest BCUT2D eigenvalue weighted by Crippen LogP contribution is -2.55. The molecule has 3 atom stereocenters. The molecule has 0 bridgehead atoms. The molecule has 8 N–H and O–H groups in total. The Hall–Kier alpha value is -3.39. The van der Waals surface area contributed by atoms with Crippen LogP contribution in [0.15, 0.2) is 0 Å². The summed E-state index contributed by atoms with van der Waals surface area (Å²) in [5, 5.41) is 22.3. The van der Waals surface area contributed by atoms with E-state index < -0.39 is 65.8 Å². The Balaban J connectivity index is 3.11. The number of hydrogen-bond donors (Lipinski definition) is 7. The van der Waals surface area contributed by atoms with E-state index in [4.69, 9.17) is 10.8 Å². The van der Waals surface area contributed by atoms with E-state index in [1.165, 1.54) is 0 Å². The molecule has 14 nitrogen and oxygen atoms in total. The first kappa shape index (κ1) is 32.6. The highest BCUT2D eigenvalue weighted by atomic mass is 16.4. The molecule has 0 spiro atoms. The van der Waals surface area contributed by atoms with Crippen molar-refractivity contribution in [2.75, 3.05) is 26.2 Å². The van der Waals surface area contributed by atoms with Crippen LogP contribution < -0.4 is 32.3 Å². The first-order chi connectivity index (χ1) is 17.9. The Morgan fingerprint density at radius 2 is 1.55 bits per heavy atom. The Morgan fingerprint density at radius 3 is 2.18 bits per heavy atom. The standard InChI is InChI=1S/C24H40N6O8/c1-14(2)11-17-24(38)30-16(5-7-19(25)32)23(37)28-12-18(31)22(36)15(6-8-21(34)35)27-10-4-3-9-26-13-20(33)29-17/h14-17,26-27H,3-13H2,1-2H3,(H2,25,32)(H,28,37)(H,29,33)(H,30,38)(H,34,35)/t15-,16-,17?/m0/s1. The number of rotatable bonds is 8. The molecule has 0 aromatic rings. The molecule has 4 amide bonds. The number of carbonyl (C=O) groups is 7. The van der Waals surface area contributed by atoms with Crippen molar-refractivity contribution in [3.8, 4) is 0 Å². The van der Waals surface area contributed by atoms with Crippen LogP contribution in [-0.2, 0) is 33.6 Å². The minimum Gasteiger partial charge on any atom is -0.481 e. The number of ketones is 2. The Labute approximate surface area is 221 Å². The van der Waals surface area contributed by atoms with Gasteiger partial charge in [-0.05, 0) is 51.1 Å². The maximum atomic E-state index is 13.0. The van der Waals surface area contributed by atoms with Crippen molar-refractivity contribution in [3.63, 3.8) is 0 Å². The van der Waals surface area contributed by atoms with E-state index in [0.29, 0.717) is 25.9 Å². The molecule has 1 unspecified atom stereocenters. The second kappa shape index (κ2) is 17.2. The van der Waals surface area contributed by atoms with Crippen LogP contribution >= 0.6 is 0 Å². The van der Waals surface area contributed by atoms with Crippen molar-refractivity contribution >= 4 is 41.2 Å². The van der Waals surface area contributed by atoms with Gasteiger partial charge in [-0.25, -0.2) is 0 Å². The van der Waals surface area contributed by atoms with Gasteiger partial charge in [-0.3, -0.25) is 33.6 Å². The first-order valence-electron chi connectivity index (χ1n) is 12.8. The lowest BCUT2D eigenvalue weighted by molar-refractivity contribution is -0.139. The Morgan fingerprint density at radius 1 is 0.895 bits per heavy atom. The number of Topliss-reactive ketones (excluding diaryl/α,β-unsaturated/α-hetero) is 2. The highest BCUT2D eigenvalue weighted by Crippen LogP contribution is 2.07. The smallest absolute Gasteiger partial charge is 0.303 e. The molecule has 1 rings (SSSR count). The molecule has 1 fully saturated rings. The normalized spacial score (nSPS) is 23.4. The number of carbonyl (C=O) groups excluding carboxylic acids is 6. The van der Waals surface area contributed by atoms with Crippen LogP contribution in [0.5, 0.6) is 0 Å². The van der Waals surface area contributed by atoms with Crippen molar-refractivity contribution in [1.29, 1.82) is 0 Å². The van der Waals surface area contributed by atoms with E-state index in [0.717, 1.165) is 0 Å². The molecule has 1 heterocycles.